The molecule has 1 unspecified atom stereocenters. The number of ether oxygens (including phenoxy) is 2. The van der Waals surface area contributed by atoms with E-state index >= 15 is 0 Å². The molecule has 0 fully saturated rings. The second kappa shape index (κ2) is 12.1. The van der Waals surface area contributed by atoms with Crippen LogP contribution in [0.5, 0.6) is 11.5 Å². The van der Waals surface area contributed by atoms with Crippen LogP contribution < -0.4 is 25.4 Å². The van der Waals surface area contributed by atoms with E-state index in [2.05, 4.69) is 21.6 Å². The van der Waals surface area contributed by atoms with E-state index in [-0.39, 0.29) is 34.3 Å². The van der Waals surface area contributed by atoms with Crippen LogP contribution in [0, 0.1) is 23.7 Å². The van der Waals surface area contributed by atoms with Crippen molar-refractivity contribution < 1.29 is 19.1 Å². The number of carbonyl (C=O) groups excluding carboxylic acids is 2. The number of nitrogens with zero attached hydrogens (tertiary/aromatic N) is 4. The fraction of sp³-hybridized carbons (Fsp3) is 0.323. The van der Waals surface area contributed by atoms with Gasteiger partial charge in [-0.15, -0.1) is 10.2 Å². The van der Waals surface area contributed by atoms with Gasteiger partial charge in [0.2, 0.25) is 11.0 Å². The molecular weight excluding hydrogens is 585 g/mol. The lowest BCUT2D eigenvalue weighted by Crippen LogP contribution is -2.42. The largest absolute Gasteiger partial charge is 0.497 e. The summed E-state index contributed by atoms with van der Waals surface area (Å²) >= 11 is 2.50. The predicted octanol–water partition coefficient (Wildman–Crippen LogP) is 5.54. The van der Waals surface area contributed by atoms with Gasteiger partial charge in [0, 0.05) is 28.9 Å². The van der Waals surface area contributed by atoms with Gasteiger partial charge < -0.3 is 20.5 Å². The van der Waals surface area contributed by atoms with Crippen LogP contribution in [0.15, 0.2) is 69.5 Å². The lowest BCUT2D eigenvalue weighted by atomic mass is 9.68. The van der Waals surface area contributed by atoms with E-state index in [9.17, 15) is 14.9 Å². The molecule has 0 saturated heterocycles. The topological polar surface area (TPSA) is 143 Å². The summed E-state index contributed by atoms with van der Waals surface area (Å²) in [7, 11) is 3.10. The van der Waals surface area contributed by atoms with Gasteiger partial charge in [-0.1, -0.05) is 54.6 Å². The van der Waals surface area contributed by atoms with Gasteiger partial charge in [-0.3, -0.25) is 14.5 Å². The summed E-state index contributed by atoms with van der Waals surface area (Å²) < 4.78 is 11.7. The van der Waals surface area contributed by atoms with Gasteiger partial charge in [-0.05, 0) is 49.1 Å². The van der Waals surface area contributed by atoms with E-state index in [4.69, 9.17) is 15.2 Å². The molecular formula is C31H32N6O4S2. The third kappa shape index (κ3) is 6.09. The molecule has 0 saturated carbocycles. The van der Waals surface area contributed by atoms with E-state index in [1.54, 1.807) is 37.3 Å². The first-order chi connectivity index (χ1) is 20.5. The Labute approximate surface area is 258 Å². The zero-order chi connectivity index (χ0) is 30.9. The Kier molecular flexibility index (Phi) is 8.48. The quantitative estimate of drug-likeness (QED) is 0.310. The molecule has 5 rings (SSSR count). The molecule has 0 radical (unpaired) electrons. The number of allylic oxidation sites excluding steroid dienone is 3. The van der Waals surface area contributed by atoms with Gasteiger partial charge in [0.25, 0.3) is 0 Å². The van der Waals surface area contributed by atoms with Crippen LogP contribution in [0.2, 0.25) is 0 Å². The third-order valence-corrected chi connectivity index (χ3v) is 9.42. The summed E-state index contributed by atoms with van der Waals surface area (Å²) in [4.78, 5) is 28.1. The standard InChI is InChI=1S/C31H32N6O4S2/c1-17-6-8-18(9-7-17)34-25(39)16-42-30-36-35-29(43-30)37-22-13-31(2,3)14-23(38)27(22)26(21(15-32)28(37)33)20-12-19(40-4)10-11-24(20)41-5/h6-12,26H,13-14,16,33H2,1-5H3,(H,34,39). The van der Waals surface area contributed by atoms with Crippen molar-refractivity contribution in [1.82, 2.24) is 10.2 Å². The number of anilines is 2. The van der Waals surface area contributed by atoms with Gasteiger partial charge in [0.05, 0.1) is 37.5 Å². The molecule has 1 aromatic heterocycles. The number of nitrogens with two attached hydrogens (primary N) is 1. The minimum Gasteiger partial charge on any atom is -0.497 e. The number of thioether (sulfide) groups is 1. The maximum atomic E-state index is 13.9. The minimum absolute atomic E-state index is 0.0711. The summed E-state index contributed by atoms with van der Waals surface area (Å²) in [6, 6.07) is 15.1. The van der Waals surface area contributed by atoms with Crippen LogP contribution in [0.25, 0.3) is 0 Å². The number of aryl methyl sites for hydroxylation is 1. The normalized spacial score (nSPS) is 17.8. The number of nitrogens with one attached hydrogen (secondary N) is 1. The molecule has 3 aromatic rings. The van der Waals surface area contributed by atoms with Crippen LogP contribution in [-0.4, -0.2) is 41.9 Å². The monoisotopic (exact) mass is 616 g/mol. The molecule has 1 amide bonds. The zero-order valence-electron chi connectivity index (χ0n) is 24.6. The summed E-state index contributed by atoms with van der Waals surface area (Å²) in [6.45, 7) is 6.04. The van der Waals surface area contributed by atoms with Gasteiger partial charge in [0.15, 0.2) is 10.1 Å². The number of rotatable bonds is 8. The maximum absolute atomic E-state index is 13.9. The number of nitriles is 1. The number of Topliss-reactive ketones (excluding diaryl/α,β-unsaturated/α-hetero) is 1. The maximum Gasteiger partial charge on any atom is 0.234 e. The van der Waals surface area contributed by atoms with E-state index in [0.717, 1.165) is 11.3 Å². The Balaban J connectivity index is 1.51. The molecule has 10 nitrogen and oxygen atoms in total. The van der Waals surface area contributed by atoms with Crippen LogP contribution in [-0.2, 0) is 9.59 Å². The van der Waals surface area contributed by atoms with Crippen molar-refractivity contribution in [3.63, 3.8) is 0 Å². The zero-order valence-corrected chi connectivity index (χ0v) is 26.2. The number of methoxy groups -OCH3 is 2. The van der Waals surface area contributed by atoms with Crippen molar-refractivity contribution in [3.05, 3.63) is 76.3 Å². The summed E-state index contributed by atoms with van der Waals surface area (Å²) in [5.74, 6) is 0.408. The molecule has 0 spiro atoms. The molecule has 1 aliphatic carbocycles. The Morgan fingerprint density at radius 2 is 1.93 bits per heavy atom. The summed E-state index contributed by atoms with van der Waals surface area (Å²) in [6.07, 6.45) is 0.839. The molecule has 1 aliphatic heterocycles. The number of amides is 1. The Morgan fingerprint density at radius 3 is 2.60 bits per heavy atom. The summed E-state index contributed by atoms with van der Waals surface area (Å²) in [5, 5.41) is 22.4. The Hall–Kier alpha value is -4.34. The highest BCUT2D eigenvalue weighted by Gasteiger charge is 2.46. The number of hydrogen-bond acceptors (Lipinski definition) is 11. The highest BCUT2D eigenvalue weighted by atomic mass is 32.2. The first-order valence-corrected chi connectivity index (χ1v) is 15.4. The molecule has 43 heavy (non-hydrogen) atoms. The molecule has 1 atom stereocenters. The van der Waals surface area contributed by atoms with E-state index < -0.39 is 5.92 Å². The van der Waals surface area contributed by atoms with Crippen LogP contribution >= 0.6 is 23.1 Å². The van der Waals surface area contributed by atoms with E-state index in [1.165, 1.54) is 23.1 Å². The SMILES string of the molecule is COc1ccc(OC)c(C2C(C#N)=C(N)N(c3nnc(SCC(=O)Nc4ccc(C)cc4)s3)C3=C2C(=O)CC(C)(C)C3)c1. The molecule has 2 heterocycles. The number of benzene rings is 2. The molecule has 2 aliphatic rings. The van der Waals surface area contributed by atoms with Gasteiger partial charge in [-0.2, -0.15) is 5.26 Å². The van der Waals surface area contributed by atoms with Crippen LogP contribution in [0.3, 0.4) is 0 Å². The molecule has 12 heteroatoms. The van der Waals surface area contributed by atoms with Crippen molar-refractivity contribution in [2.24, 2.45) is 11.1 Å². The summed E-state index contributed by atoms with van der Waals surface area (Å²) in [5.41, 5.74) is 10.2. The third-order valence-electron chi connectivity index (χ3n) is 7.38. The number of carbonyl (C=O) groups is 2. The lowest BCUT2D eigenvalue weighted by molar-refractivity contribution is -0.118. The Morgan fingerprint density at radius 1 is 1.19 bits per heavy atom. The van der Waals surface area contributed by atoms with Crippen LogP contribution in [0.4, 0.5) is 10.8 Å². The van der Waals surface area contributed by atoms with Crippen molar-refractivity contribution in [2.45, 2.75) is 43.9 Å². The molecule has 222 valence electrons. The fourth-order valence-electron chi connectivity index (χ4n) is 5.42. The average Bonchev–Trinajstić information content (AvgIpc) is 3.44. The van der Waals surface area contributed by atoms with Gasteiger partial charge in [0.1, 0.15) is 17.3 Å². The highest BCUT2D eigenvalue weighted by Crippen LogP contribution is 2.52. The van der Waals surface area contributed by atoms with Crippen molar-refractivity contribution in [3.8, 4) is 17.6 Å². The van der Waals surface area contributed by atoms with Gasteiger partial charge in [-0.25, -0.2) is 0 Å². The van der Waals surface area contributed by atoms with E-state index in [1.807, 2.05) is 45.0 Å². The number of ketones is 1. The minimum atomic E-state index is -0.739. The number of aromatic nitrogens is 2. The highest BCUT2D eigenvalue weighted by molar-refractivity contribution is 8.01. The van der Waals surface area contributed by atoms with Gasteiger partial charge >= 0.3 is 0 Å². The molecule has 3 N–H and O–H groups in total. The molecule has 0 bridgehead atoms. The van der Waals surface area contributed by atoms with Crippen molar-refractivity contribution in [2.75, 3.05) is 30.2 Å². The fourth-order valence-corrected chi connectivity index (χ4v) is 7.10. The Bertz CT molecular complexity index is 1690. The first kappa shape index (κ1) is 30.1. The second-order valence-electron chi connectivity index (χ2n) is 11.1. The van der Waals surface area contributed by atoms with Crippen molar-refractivity contribution in [1.29, 1.82) is 5.26 Å². The number of hydrogen-bond donors (Lipinski definition) is 2. The molecule has 2 aromatic carbocycles. The average molecular weight is 617 g/mol. The second-order valence-corrected chi connectivity index (χ2v) is 13.3. The predicted molar refractivity (Wildman–Crippen MR) is 167 cm³/mol. The smallest absolute Gasteiger partial charge is 0.234 e. The van der Waals surface area contributed by atoms with Crippen molar-refractivity contribution >= 4 is 45.6 Å². The lowest BCUT2D eigenvalue weighted by Gasteiger charge is -2.42. The van der Waals surface area contributed by atoms with Crippen LogP contribution in [0.1, 0.15) is 43.7 Å². The first-order valence-electron chi connectivity index (χ1n) is 13.6. The van der Waals surface area contributed by atoms with E-state index in [0.29, 0.717) is 50.6 Å².